The Bertz CT molecular complexity index is 775. The molecule has 1 heterocycles. The summed E-state index contributed by atoms with van der Waals surface area (Å²) in [4.78, 5) is 20.3. The molecular weight excluding hydrogens is 298 g/mol. The molecule has 3 rings (SSSR count). The molecule has 24 heavy (non-hydrogen) atoms. The molecule has 0 spiro atoms. The van der Waals surface area contributed by atoms with Crippen LogP contribution in [0.15, 0.2) is 54.6 Å². The highest BCUT2D eigenvalue weighted by atomic mass is 16.1. The number of hydrogen-bond donors (Lipinski definition) is 2. The summed E-state index contributed by atoms with van der Waals surface area (Å²) in [6.07, 6.45) is 1.23. The van der Waals surface area contributed by atoms with E-state index in [-0.39, 0.29) is 17.9 Å². The van der Waals surface area contributed by atoms with Crippen LogP contribution in [0.4, 0.5) is 0 Å². The molecule has 0 aliphatic rings. The lowest BCUT2D eigenvalue weighted by Gasteiger charge is -2.20. The summed E-state index contributed by atoms with van der Waals surface area (Å²) in [6.45, 7) is 4.19. The van der Waals surface area contributed by atoms with Gasteiger partial charge in [-0.3, -0.25) is 4.79 Å². The average molecular weight is 321 g/mol. The van der Waals surface area contributed by atoms with Crippen LogP contribution < -0.4 is 5.32 Å². The minimum absolute atomic E-state index is 0.0537. The van der Waals surface area contributed by atoms with Crippen LogP contribution in [0.5, 0.6) is 0 Å². The number of H-pyrrole nitrogens is 1. The fourth-order valence-electron chi connectivity index (χ4n) is 2.82. The van der Waals surface area contributed by atoms with Crippen LogP contribution in [0.1, 0.15) is 37.7 Å². The fourth-order valence-corrected chi connectivity index (χ4v) is 2.82. The predicted molar refractivity (Wildman–Crippen MR) is 96.6 cm³/mol. The van der Waals surface area contributed by atoms with E-state index in [1.165, 1.54) is 5.56 Å². The molecule has 124 valence electrons. The van der Waals surface area contributed by atoms with Crippen LogP contribution >= 0.6 is 0 Å². The van der Waals surface area contributed by atoms with Crippen molar-refractivity contribution < 1.29 is 4.79 Å². The van der Waals surface area contributed by atoms with E-state index < -0.39 is 0 Å². The quantitative estimate of drug-likeness (QED) is 0.721. The number of carbonyl (C=O) groups is 1. The van der Waals surface area contributed by atoms with Gasteiger partial charge in [0.1, 0.15) is 5.82 Å². The van der Waals surface area contributed by atoms with Gasteiger partial charge < -0.3 is 10.3 Å². The maximum atomic E-state index is 12.4. The van der Waals surface area contributed by atoms with Crippen molar-refractivity contribution >= 4 is 16.9 Å². The molecule has 0 unspecified atom stereocenters. The van der Waals surface area contributed by atoms with Gasteiger partial charge in [0.25, 0.3) is 0 Å². The van der Waals surface area contributed by atoms with Gasteiger partial charge in [0.2, 0.25) is 5.91 Å². The first-order valence-corrected chi connectivity index (χ1v) is 8.41. The second-order valence-electron chi connectivity index (χ2n) is 6.41. The number of aromatic nitrogens is 2. The Labute approximate surface area is 142 Å². The number of benzene rings is 2. The predicted octanol–water partition coefficient (Wildman–Crippen LogP) is 4.01. The third-order valence-corrected chi connectivity index (χ3v) is 4.17. The molecule has 0 saturated heterocycles. The molecule has 2 aromatic carbocycles. The van der Waals surface area contributed by atoms with Crippen LogP contribution in [-0.2, 0) is 11.2 Å². The summed E-state index contributed by atoms with van der Waals surface area (Å²) >= 11 is 0. The zero-order valence-electron chi connectivity index (χ0n) is 14.1. The Morgan fingerprint density at radius 2 is 1.79 bits per heavy atom. The topological polar surface area (TPSA) is 57.8 Å². The van der Waals surface area contributed by atoms with Crippen LogP contribution in [0, 0.1) is 5.92 Å². The first-order valence-electron chi connectivity index (χ1n) is 8.41. The summed E-state index contributed by atoms with van der Waals surface area (Å²) in [6, 6.07) is 17.9. The van der Waals surface area contributed by atoms with E-state index in [1.807, 2.05) is 54.6 Å². The molecule has 0 bridgehead atoms. The summed E-state index contributed by atoms with van der Waals surface area (Å²) in [5.41, 5.74) is 3.10. The SMILES string of the molecule is CC(C)[C@H](NC(=O)CCc1ccccc1)c1nc2ccccc2[nH]1. The number of para-hydroxylation sites is 2. The molecule has 4 heteroatoms. The van der Waals surface area contributed by atoms with Gasteiger partial charge in [-0.05, 0) is 30.0 Å². The fraction of sp³-hybridized carbons (Fsp3) is 0.300. The molecule has 0 saturated carbocycles. The monoisotopic (exact) mass is 321 g/mol. The van der Waals surface area contributed by atoms with Gasteiger partial charge in [0.05, 0.1) is 17.1 Å². The molecule has 3 aromatic rings. The third kappa shape index (κ3) is 3.82. The second kappa shape index (κ2) is 7.30. The van der Waals surface area contributed by atoms with Gasteiger partial charge >= 0.3 is 0 Å². The summed E-state index contributed by atoms with van der Waals surface area (Å²) in [7, 11) is 0. The molecule has 4 nitrogen and oxygen atoms in total. The van der Waals surface area contributed by atoms with E-state index in [4.69, 9.17) is 0 Å². The Hall–Kier alpha value is -2.62. The van der Waals surface area contributed by atoms with E-state index in [9.17, 15) is 4.79 Å². The maximum absolute atomic E-state index is 12.4. The first kappa shape index (κ1) is 16.2. The van der Waals surface area contributed by atoms with Crippen molar-refractivity contribution in [3.63, 3.8) is 0 Å². The highest BCUT2D eigenvalue weighted by Crippen LogP contribution is 2.22. The summed E-state index contributed by atoms with van der Waals surface area (Å²) < 4.78 is 0. The first-order chi connectivity index (χ1) is 11.6. The number of aromatic amines is 1. The van der Waals surface area contributed by atoms with Crippen molar-refractivity contribution in [1.82, 2.24) is 15.3 Å². The van der Waals surface area contributed by atoms with Gasteiger partial charge in [-0.15, -0.1) is 0 Å². The molecular formula is C20H23N3O. The van der Waals surface area contributed by atoms with E-state index in [1.54, 1.807) is 0 Å². The number of nitrogens with zero attached hydrogens (tertiary/aromatic N) is 1. The minimum Gasteiger partial charge on any atom is -0.346 e. The molecule has 0 radical (unpaired) electrons. The van der Waals surface area contributed by atoms with E-state index in [0.717, 1.165) is 23.3 Å². The lowest BCUT2D eigenvalue weighted by molar-refractivity contribution is -0.122. The maximum Gasteiger partial charge on any atom is 0.220 e. The highest BCUT2D eigenvalue weighted by molar-refractivity contribution is 5.77. The minimum atomic E-state index is -0.110. The van der Waals surface area contributed by atoms with Crippen molar-refractivity contribution in [2.75, 3.05) is 0 Å². The van der Waals surface area contributed by atoms with Crippen molar-refractivity contribution in [1.29, 1.82) is 0 Å². The largest absolute Gasteiger partial charge is 0.346 e. The zero-order chi connectivity index (χ0) is 16.9. The normalized spacial score (nSPS) is 12.5. The summed E-state index contributed by atoms with van der Waals surface area (Å²) in [5.74, 6) is 1.13. The van der Waals surface area contributed by atoms with Gasteiger partial charge in [0, 0.05) is 6.42 Å². The number of aryl methyl sites for hydroxylation is 1. The lowest BCUT2D eigenvalue weighted by Crippen LogP contribution is -2.32. The van der Waals surface area contributed by atoms with E-state index in [0.29, 0.717) is 6.42 Å². The Kier molecular flexibility index (Phi) is 4.94. The van der Waals surface area contributed by atoms with Crippen LogP contribution in [0.3, 0.4) is 0 Å². The number of amides is 1. The number of nitrogens with one attached hydrogen (secondary N) is 2. The van der Waals surface area contributed by atoms with Gasteiger partial charge in [0.15, 0.2) is 0 Å². The molecule has 0 fully saturated rings. The number of rotatable bonds is 6. The van der Waals surface area contributed by atoms with Crippen molar-refractivity contribution in [3.05, 3.63) is 66.0 Å². The number of carbonyl (C=O) groups excluding carboxylic acids is 1. The van der Waals surface area contributed by atoms with E-state index >= 15 is 0 Å². The van der Waals surface area contributed by atoms with Crippen LogP contribution in [0.25, 0.3) is 11.0 Å². The molecule has 1 aromatic heterocycles. The van der Waals surface area contributed by atoms with Crippen LogP contribution in [0.2, 0.25) is 0 Å². The van der Waals surface area contributed by atoms with Crippen LogP contribution in [-0.4, -0.2) is 15.9 Å². The molecule has 1 amide bonds. The molecule has 0 aliphatic heterocycles. The molecule has 2 N–H and O–H groups in total. The Balaban J connectivity index is 1.68. The van der Waals surface area contributed by atoms with Crippen molar-refractivity contribution in [2.24, 2.45) is 5.92 Å². The number of imidazole rings is 1. The second-order valence-corrected chi connectivity index (χ2v) is 6.41. The number of hydrogen-bond acceptors (Lipinski definition) is 2. The third-order valence-electron chi connectivity index (χ3n) is 4.17. The highest BCUT2D eigenvalue weighted by Gasteiger charge is 2.21. The lowest BCUT2D eigenvalue weighted by atomic mass is 10.0. The Morgan fingerprint density at radius 1 is 1.08 bits per heavy atom. The van der Waals surface area contributed by atoms with Gasteiger partial charge in [-0.2, -0.15) is 0 Å². The van der Waals surface area contributed by atoms with Gasteiger partial charge in [-0.1, -0.05) is 56.3 Å². The Morgan fingerprint density at radius 3 is 2.50 bits per heavy atom. The van der Waals surface area contributed by atoms with Gasteiger partial charge in [-0.25, -0.2) is 4.98 Å². The van der Waals surface area contributed by atoms with Crippen molar-refractivity contribution in [3.8, 4) is 0 Å². The number of fused-ring (bicyclic) bond motifs is 1. The molecule has 1 atom stereocenters. The summed E-state index contributed by atoms with van der Waals surface area (Å²) in [5, 5.41) is 3.13. The van der Waals surface area contributed by atoms with E-state index in [2.05, 4.69) is 29.1 Å². The smallest absolute Gasteiger partial charge is 0.220 e. The average Bonchev–Trinajstić information content (AvgIpc) is 3.02. The van der Waals surface area contributed by atoms with Crippen molar-refractivity contribution in [2.45, 2.75) is 32.7 Å². The molecule has 0 aliphatic carbocycles. The standard InChI is InChI=1S/C20H23N3O/c1-14(2)19(20-21-16-10-6-7-11-17(16)22-20)23-18(24)13-12-15-8-4-3-5-9-15/h3-11,14,19H,12-13H2,1-2H3,(H,21,22)(H,23,24)/t19-/m0/s1. The zero-order valence-corrected chi connectivity index (χ0v) is 14.1.